The van der Waals surface area contributed by atoms with Crippen LogP contribution in [-0.2, 0) is 4.79 Å². The summed E-state index contributed by atoms with van der Waals surface area (Å²) in [5.74, 6) is 2.12. The Kier molecular flexibility index (Phi) is 5.70. The SMILES string of the molecule is O=C(CCC1CCCCC1)N1CCSC1c1cccc(Cl)c1. The quantitative estimate of drug-likeness (QED) is 0.745. The molecule has 1 aliphatic heterocycles. The molecule has 3 rings (SSSR count). The van der Waals surface area contributed by atoms with Gasteiger partial charge in [-0.1, -0.05) is 55.8 Å². The third kappa shape index (κ3) is 3.99. The summed E-state index contributed by atoms with van der Waals surface area (Å²) in [4.78, 5) is 14.7. The second-order valence-corrected chi connectivity index (χ2v) is 8.03. The average molecular weight is 338 g/mol. The molecular formula is C18H24ClNOS. The Balaban J connectivity index is 1.58. The summed E-state index contributed by atoms with van der Waals surface area (Å²) >= 11 is 7.95. The van der Waals surface area contributed by atoms with Gasteiger partial charge >= 0.3 is 0 Å². The minimum Gasteiger partial charge on any atom is -0.326 e. The summed E-state index contributed by atoms with van der Waals surface area (Å²) in [6, 6.07) is 7.93. The van der Waals surface area contributed by atoms with E-state index in [-0.39, 0.29) is 5.37 Å². The number of benzene rings is 1. The van der Waals surface area contributed by atoms with Gasteiger partial charge in [0.2, 0.25) is 5.91 Å². The molecule has 0 bridgehead atoms. The maximum atomic E-state index is 12.6. The van der Waals surface area contributed by atoms with E-state index >= 15 is 0 Å². The van der Waals surface area contributed by atoms with Crippen molar-refractivity contribution in [3.63, 3.8) is 0 Å². The molecule has 1 heterocycles. The zero-order valence-electron chi connectivity index (χ0n) is 13.0. The van der Waals surface area contributed by atoms with Gasteiger partial charge < -0.3 is 4.90 Å². The third-order valence-electron chi connectivity index (χ3n) is 4.84. The van der Waals surface area contributed by atoms with Crippen LogP contribution in [0.2, 0.25) is 5.02 Å². The van der Waals surface area contributed by atoms with Crippen molar-refractivity contribution in [3.8, 4) is 0 Å². The maximum absolute atomic E-state index is 12.6. The molecule has 2 nitrogen and oxygen atoms in total. The molecule has 0 N–H and O–H groups in total. The van der Waals surface area contributed by atoms with Crippen LogP contribution < -0.4 is 0 Å². The summed E-state index contributed by atoms with van der Waals surface area (Å²) < 4.78 is 0. The van der Waals surface area contributed by atoms with Gasteiger partial charge in [-0.15, -0.1) is 11.8 Å². The second-order valence-electron chi connectivity index (χ2n) is 6.41. The number of hydrogen-bond acceptors (Lipinski definition) is 2. The van der Waals surface area contributed by atoms with Crippen LogP contribution in [0.15, 0.2) is 24.3 Å². The van der Waals surface area contributed by atoms with Crippen molar-refractivity contribution < 1.29 is 4.79 Å². The van der Waals surface area contributed by atoms with Gasteiger partial charge in [-0.2, -0.15) is 0 Å². The van der Waals surface area contributed by atoms with Crippen molar-refractivity contribution in [2.45, 2.75) is 50.3 Å². The highest BCUT2D eigenvalue weighted by atomic mass is 35.5. The molecule has 1 atom stereocenters. The molecule has 2 aliphatic rings. The largest absolute Gasteiger partial charge is 0.326 e. The van der Waals surface area contributed by atoms with Crippen LogP contribution in [0.1, 0.15) is 55.9 Å². The van der Waals surface area contributed by atoms with Crippen molar-refractivity contribution in [3.05, 3.63) is 34.9 Å². The number of carbonyl (C=O) groups excluding carboxylic acids is 1. The van der Waals surface area contributed by atoms with Crippen LogP contribution in [0.5, 0.6) is 0 Å². The van der Waals surface area contributed by atoms with Crippen LogP contribution in [0.25, 0.3) is 0 Å². The molecule has 1 aromatic carbocycles. The number of rotatable bonds is 4. The zero-order valence-corrected chi connectivity index (χ0v) is 14.5. The van der Waals surface area contributed by atoms with Gasteiger partial charge in [-0.3, -0.25) is 4.79 Å². The lowest BCUT2D eigenvalue weighted by Crippen LogP contribution is -2.30. The summed E-state index contributed by atoms with van der Waals surface area (Å²) in [5.41, 5.74) is 1.15. The lowest BCUT2D eigenvalue weighted by Gasteiger charge is -2.26. The van der Waals surface area contributed by atoms with Crippen molar-refractivity contribution >= 4 is 29.3 Å². The lowest BCUT2D eigenvalue weighted by molar-refractivity contribution is -0.131. The van der Waals surface area contributed by atoms with Crippen LogP contribution in [0, 0.1) is 5.92 Å². The first-order chi connectivity index (χ1) is 10.7. The van der Waals surface area contributed by atoms with Crippen molar-refractivity contribution in [1.29, 1.82) is 0 Å². The Hall–Kier alpha value is -0.670. The Morgan fingerprint density at radius 3 is 2.86 bits per heavy atom. The number of nitrogens with zero attached hydrogens (tertiary/aromatic N) is 1. The van der Waals surface area contributed by atoms with Gasteiger partial charge in [0.05, 0.1) is 0 Å². The number of hydrogen-bond donors (Lipinski definition) is 0. The highest BCUT2D eigenvalue weighted by molar-refractivity contribution is 7.99. The molecule has 1 amide bonds. The van der Waals surface area contributed by atoms with Crippen LogP contribution in [0.3, 0.4) is 0 Å². The summed E-state index contributed by atoms with van der Waals surface area (Å²) in [5, 5.41) is 0.900. The third-order valence-corrected chi connectivity index (χ3v) is 6.33. The Morgan fingerprint density at radius 1 is 1.27 bits per heavy atom. The van der Waals surface area contributed by atoms with Gasteiger partial charge in [0, 0.05) is 23.7 Å². The fourth-order valence-corrected chi connectivity index (χ4v) is 5.07. The molecule has 4 heteroatoms. The Morgan fingerprint density at radius 2 is 2.09 bits per heavy atom. The molecule has 2 fully saturated rings. The number of halogens is 1. The maximum Gasteiger partial charge on any atom is 0.223 e. The Labute approximate surface area is 142 Å². The first-order valence-electron chi connectivity index (χ1n) is 8.40. The molecule has 22 heavy (non-hydrogen) atoms. The van der Waals surface area contributed by atoms with Gasteiger partial charge in [0.1, 0.15) is 5.37 Å². The van der Waals surface area contributed by atoms with E-state index in [0.29, 0.717) is 12.3 Å². The van der Waals surface area contributed by atoms with Gasteiger partial charge in [0.25, 0.3) is 0 Å². The predicted octanol–water partition coefficient (Wildman–Crippen LogP) is 5.27. The second kappa shape index (κ2) is 7.74. The summed E-state index contributed by atoms with van der Waals surface area (Å²) in [7, 11) is 0. The van der Waals surface area contributed by atoms with Crippen molar-refractivity contribution in [1.82, 2.24) is 4.90 Å². The minimum absolute atomic E-state index is 0.151. The van der Waals surface area contributed by atoms with Crippen LogP contribution in [-0.4, -0.2) is 23.1 Å². The van der Waals surface area contributed by atoms with E-state index in [1.165, 1.54) is 32.1 Å². The number of thioether (sulfide) groups is 1. The highest BCUT2D eigenvalue weighted by Gasteiger charge is 2.30. The molecule has 1 saturated heterocycles. The summed E-state index contributed by atoms with van der Waals surface area (Å²) in [6.07, 6.45) is 8.50. The predicted molar refractivity (Wildman–Crippen MR) is 94.2 cm³/mol. The van der Waals surface area contributed by atoms with Crippen molar-refractivity contribution in [2.75, 3.05) is 12.3 Å². The van der Waals surface area contributed by atoms with E-state index in [4.69, 9.17) is 11.6 Å². The molecule has 120 valence electrons. The Bertz CT molecular complexity index is 516. The zero-order chi connectivity index (χ0) is 15.4. The van der Waals surface area contributed by atoms with Crippen LogP contribution in [0.4, 0.5) is 0 Å². The van der Waals surface area contributed by atoms with E-state index in [1.807, 2.05) is 30.0 Å². The standard InChI is InChI=1S/C18H24ClNOS/c19-16-8-4-7-15(13-16)18-20(11-12-22-18)17(21)10-9-14-5-2-1-3-6-14/h4,7-8,13-14,18H,1-3,5-6,9-12H2. The lowest BCUT2D eigenvalue weighted by atomic mass is 9.86. The molecular weight excluding hydrogens is 314 g/mol. The van der Waals surface area contributed by atoms with E-state index in [0.717, 1.165) is 35.2 Å². The average Bonchev–Trinajstić information content (AvgIpc) is 3.03. The fourth-order valence-electron chi connectivity index (χ4n) is 3.61. The van der Waals surface area contributed by atoms with Gasteiger partial charge in [-0.25, -0.2) is 0 Å². The first-order valence-corrected chi connectivity index (χ1v) is 9.83. The van der Waals surface area contributed by atoms with E-state index in [1.54, 1.807) is 0 Å². The van der Waals surface area contributed by atoms with Crippen molar-refractivity contribution in [2.24, 2.45) is 5.92 Å². The fraction of sp³-hybridized carbons (Fsp3) is 0.611. The number of amides is 1. The van der Waals surface area contributed by atoms with Crippen LogP contribution >= 0.6 is 23.4 Å². The van der Waals surface area contributed by atoms with Gasteiger partial charge in [0.15, 0.2) is 0 Å². The van der Waals surface area contributed by atoms with E-state index in [2.05, 4.69) is 11.0 Å². The molecule has 1 unspecified atom stereocenters. The molecule has 0 spiro atoms. The monoisotopic (exact) mass is 337 g/mol. The molecule has 0 aromatic heterocycles. The first kappa shape index (κ1) is 16.2. The molecule has 0 radical (unpaired) electrons. The molecule has 1 aromatic rings. The topological polar surface area (TPSA) is 20.3 Å². The van der Waals surface area contributed by atoms with E-state index in [9.17, 15) is 4.79 Å². The highest BCUT2D eigenvalue weighted by Crippen LogP contribution is 2.39. The molecule has 1 saturated carbocycles. The normalized spacial score (nSPS) is 23.0. The number of carbonyl (C=O) groups is 1. The smallest absolute Gasteiger partial charge is 0.223 e. The molecule has 1 aliphatic carbocycles. The van der Waals surface area contributed by atoms with E-state index < -0.39 is 0 Å². The van der Waals surface area contributed by atoms with Gasteiger partial charge in [-0.05, 0) is 30.0 Å². The minimum atomic E-state index is 0.151. The summed E-state index contributed by atoms with van der Waals surface area (Å²) in [6.45, 7) is 0.866.